The van der Waals surface area contributed by atoms with Crippen molar-refractivity contribution in [3.63, 3.8) is 0 Å². The highest BCUT2D eigenvalue weighted by Crippen LogP contribution is 2.26. The van der Waals surface area contributed by atoms with Gasteiger partial charge in [0.15, 0.2) is 0 Å². The molecule has 0 radical (unpaired) electrons. The fourth-order valence-corrected chi connectivity index (χ4v) is 2.68. The molecule has 0 amide bonds. The van der Waals surface area contributed by atoms with Crippen LogP contribution in [0.3, 0.4) is 0 Å². The highest BCUT2D eigenvalue weighted by molar-refractivity contribution is 9.10. The fraction of sp³-hybridized carbons (Fsp3) is 0.467. The van der Waals surface area contributed by atoms with Crippen LogP contribution in [0, 0.1) is 6.92 Å². The first-order valence-corrected chi connectivity index (χ1v) is 7.74. The molecule has 0 fully saturated rings. The summed E-state index contributed by atoms with van der Waals surface area (Å²) in [4.78, 5) is 4.34. The quantitative estimate of drug-likeness (QED) is 0.880. The number of nitrogens with zero attached hydrogens (tertiary/aromatic N) is 3. The Morgan fingerprint density at radius 3 is 2.85 bits per heavy atom. The average Bonchev–Trinajstić information content (AvgIpc) is 2.83. The first kappa shape index (κ1) is 15.2. The lowest BCUT2D eigenvalue weighted by atomic mass is 9.98. The number of nitrogens with one attached hydrogen (secondary N) is 1. The SMILES string of the molecule is CCCNC(Cc1ncnn1C)c1cccc(Br)c1C. The lowest BCUT2D eigenvalue weighted by Gasteiger charge is -2.21. The molecule has 1 aromatic heterocycles. The number of halogens is 1. The second-order valence-electron chi connectivity index (χ2n) is 4.96. The molecule has 1 atom stereocenters. The Morgan fingerprint density at radius 2 is 2.20 bits per heavy atom. The molecular formula is C15H21BrN4. The third kappa shape index (κ3) is 3.46. The fourth-order valence-electron chi connectivity index (χ4n) is 2.30. The van der Waals surface area contributed by atoms with Crippen LogP contribution in [-0.4, -0.2) is 21.3 Å². The van der Waals surface area contributed by atoms with Gasteiger partial charge in [0.25, 0.3) is 0 Å². The van der Waals surface area contributed by atoms with Gasteiger partial charge in [-0.3, -0.25) is 4.68 Å². The van der Waals surface area contributed by atoms with E-state index in [0.717, 1.165) is 29.7 Å². The number of hydrogen-bond donors (Lipinski definition) is 1. The maximum Gasteiger partial charge on any atom is 0.138 e. The summed E-state index contributed by atoms with van der Waals surface area (Å²) in [5.74, 6) is 0.998. The summed E-state index contributed by atoms with van der Waals surface area (Å²) in [5.41, 5.74) is 2.60. The smallest absolute Gasteiger partial charge is 0.138 e. The van der Waals surface area contributed by atoms with E-state index < -0.39 is 0 Å². The highest BCUT2D eigenvalue weighted by Gasteiger charge is 2.17. The van der Waals surface area contributed by atoms with E-state index in [2.05, 4.69) is 63.4 Å². The Bertz CT molecular complexity index is 565. The van der Waals surface area contributed by atoms with Gasteiger partial charge < -0.3 is 5.32 Å². The van der Waals surface area contributed by atoms with E-state index in [1.54, 1.807) is 6.33 Å². The van der Waals surface area contributed by atoms with Crippen LogP contribution in [-0.2, 0) is 13.5 Å². The molecule has 4 nitrogen and oxygen atoms in total. The molecular weight excluding hydrogens is 316 g/mol. The van der Waals surface area contributed by atoms with Crippen LogP contribution < -0.4 is 5.32 Å². The topological polar surface area (TPSA) is 42.7 Å². The van der Waals surface area contributed by atoms with Gasteiger partial charge in [-0.25, -0.2) is 4.98 Å². The second-order valence-corrected chi connectivity index (χ2v) is 5.82. The highest BCUT2D eigenvalue weighted by atomic mass is 79.9. The van der Waals surface area contributed by atoms with Crippen LogP contribution in [0.2, 0.25) is 0 Å². The molecule has 2 aromatic rings. The lowest BCUT2D eigenvalue weighted by Crippen LogP contribution is -2.26. The van der Waals surface area contributed by atoms with Crippen LogP contribution in [0.1, 0.15) is 36.3 Å². The first-order chi connectivity index (χ1) is 9.63. The zero-order chi connectivity index (χ0) is 14.5. The van der Waals surface area contributed by atoms with E-state index in [0.29, 0.717) is 0 Å². The minimum atomic E-state index is 0.260. The summed E-state index contributed by atoms with van der Waals surface area (Å²) < 4.78 is 2.99. The molecule has 0 saturated heterocycles. The van der Waals surface area contributed by atoms with E-state index in [9.17, 15) is 0 Å². The normalized spacial score (nSPS) is 12.6. The summed E-state index contributed by atoms with van der Waals surface area (Å²) in [6.45, 7) is 5.32. The molecule has 0 bridgehead atoms. The molecule has 20 heavy (non-hydrogen) atoms. The number of benzene rings is 1. The lowest BCUT2D eigenvalue weighted by molar-refractivity contribution is 0.504. The van der Waals surface area contributed by atoms with Crippen molar-refractivity contribution in [3.8, 4) is 0 Å². The van der Waals surface area contributed by atoms with Crippen molar-refractivity contribution in [2.24, 2.45) is 7.05 Å². The maximum absolute atomic E-state index is 4.34. The Labute approximate surface area is 128 Å². The van der Waals surface area contributed by atoms with Gasteiger partial charge in [0.1, 0.15) is 12.2 Å². The Balaban J connectivity index is 2.27. The van der Waals surface area contributed by atoms with Crippen molar-refractivity contribution < 1.29 is 0 Å². The van der Waals surface area contributed by atoms with Crippen molar-refractivity contribution in [2.75, 3.05) is 6.54 Å². The van der Waals surface area contributed by atoms with Gasteiger partial charge >= 0.3 is 0 Å². The van der Waals surface area contributed by atoms with E-state index in [-0.39, 0.29) is 6.04 Å². The summed E-state index contributed by atoms with van der Waals surface area (Å²) in [6.07, 6.45) is 3.57. The van der Waals surface area contributed by atoms with Gasteiger partial charge in [0.2, 0.25) is 0 Å². The number of aryl methyl sites for hydroxylation is 1. The number of rotatable bonds is 6. The first-order valence-electron chi connectivity index (χ1n) is 6.94. The molecule has 0 saturated carbocycles. The third-order valence-electron chi connectivity index (χ3n) is 3.52. The summed E-state index contributed by atoms with van der Waals surface area (Å²) in [5, 5.41) is 7.77. The van der Waals surface area contributed by atoms with Gasteiger partial charge in [0.05, 0.1) is 0 Å². The summed E-state index contributed by atoms with van der Waals surface area (Å²) >= 11 is 3.61. The molecule has 0 spiro atoms. The third-order valence-corrected chi connectivity index (χ3v) is 4.38. The van der Waals surface area contributed by atoms with Crippen molar-refractivity contribution in [2.45, 2.75) is 32.7 Å². The van der Waals surface area contributed by atoms with E-state index in [1.807, 2.05) is 11.7 Å². The van der Waals surface area contributed by atoms with Crippen molar-refractivity contribution in [1.82, 2.24) is 20.1 Å². The predicted octanol–water partition coefficient (Wildman–Crippen LogP) is 3.17. The Kier molecular flexibility index (Phi) is 5.31. The molecule has 108 valence electrons. The molecule has 1 aromatic carbocycles. The van der Waals surface area contributed by atoms with Gasteiger partial charge in [-0.15, -0.1) is 0 Å². The zero-order valence-corrected chi connectivity index (χ0v) is 13.8. The maximum atomic E-state index is 4.34. The number of hydrogen-bond acceptors (Lipinski definition) is 3. The van der Waals surface area contributed by atoms with Crippen molar-refractivity contribution in [1.29, 1.82) is 0 Å². The molecule has 0 aliphatic carbocycles. The standard InChI is InChI=1S/C15H21BrN4/c1-4-8-17-14(9-15-18-10-19-20(15)3)12-6-5-7-13(16)11(12)2/h5-7,10,14,17H,4,8-9H2,1-3H3. The Morgan fingerprint density at radius 1 is 1.40 bits per heavy atom. The van der Waals surface area contributed by atoms with Gasteiger partial charge in [-0.2, -0.15) is 5.10 Å². The van der Waals surface area contributed by atoms with Crippen LogP contribution in [0.4, 0.5) is 0 Å². The minimum absolute atomic E-state index is 0.260. The van der Waals surface area contributed by atoms with Crippen LogP contribution >= 0.6 is 15.9 Å². The van der Waals surface area contributed by atoms with Gasteiger partial charge in [-0.05, 0) is 37.1 Å². The average molecular weight is 337 g/mol. The summed E-state index contributed by atoms with van der Waals surface area (Å²) in [7, 11) is 1.94. The predicted molar refractivity (Wildman–Crippen MR) is 84.6 cm³/mol. The van der Waals surface area contributed by atoms with E-state index in [4.69, 9.17) is 0 Å². The molecule has 1 N–H and O–H groups in total. The molecule has 2 rings (SSSR count). The monoisotopic (exact) mass is 336 g/mol. The van der Waals surface area contributed by atoms with Crippen LogP contribution in [0.25, 0.3) is 0 Å². The van der Waals surface area contributed by atoms with Gasteiger partial charge in [-0.1, -0.05) is 35.0 Å². The zero-order valence-electron chi connectivity index (χ0n) is 12.2. The van der Waals surface area contributed by atoms with E-state index in [1.165, 1.54) is 11.1 Å². The van der Waals surface area contributed by atoms with E-state index >= 15 is 0 Å². The second kappa shape index (κ2) is 6.99. The molecule has 5 heteroatoms. The number of aromatic nitrogens is 3. The summed E-state index contributed by atoms with van der Waals surface area (Å²) in [6, 6.07) is 6.61. The molecule has 0 aliphatic heterocycles. The van der Waals surface area contributed by atoms with Crippen molar-refractivity contribution in [3.05, 3.63) is 46.0 Å². The van der Waals surface area contributed by atoms with Crippen LogP contribution in [0.5, 0.6) is 0 Å². The van der Waals surface area contributed by atoms with Gasteiger partial charge in [0, 0.05) is 24.0 Å². The van der Waals surface area contributed by atoms with Crippen molar-refractivity contribution >= 4 is 15.9 Å². The molecule has 0 aliphatic rings. The Hall–Kier alpha value is -1.20. The van der Waals surface area contributed by atoms with Crippen LogP contribution in [0.15, 0.2) is 29.0 Å². The molecule has 1 unspecified atom stereocenters. The minimum Gasteiger partial charge on any atom is -0.310 e. The largest absolute Gasteiger partial charge is 0.310 e. The molecule has 1 heterocycles.